The van der Waals surface area contributed by atoms with Crippen LogP contribution in [0.3, 0.4) is 0 Å². The van der Waals surface area contributed by atoms with Gasteiger partial charge in [0, 0.05) is 38.6 Å². The van der Waals surface area contributed by atoms with Crippen molar-refractivity contribution in [2.75, 3.05) is 37.7 Å². The predicted octanol–water partition coefficient (Wildman–Crippen LogP) is 3.17. The van der Waals surface area contributed by atoms with Crippen molar-refractivity contribution in [3.8, 4) is 0 Å². The lowest BCUT2D eigenvalue weighted by atomic mass is 9.95. The Morgan fingerprint density at radius 1 is 0.957 bits per heavy atom. The molecule has 2 heterocycles. The zero-order chi connectivity index (χ0) is 35.1. The topological polar surface area (TPSA) is 161 Å². The third-order valence-corrected chi connectivity index (χ3v) is 12.1. The van der Waals surface area contributed by atoms with E-state index in [1.165, 1.54) is 4.31 Å². The Bertz CT molecular complexity index is 1370. The maximum absolute atomic E-state index is 13.5. The number of Topliss-reactive ketones (excluding diaryl/α,β-unsaturated/α-hetero) is 1. The summed E-state index contributed by atoms with van der Waals surface area (Å²) in [6.07, 6.45) is 3.54. The second-order valence-electron chi connectivity index (χ2n) is 14.8. The molecule has 15 heteroatoms. The summed E-state index contributed by atoms with van der Waals surface area (Å²) in [5.41, 5.74) is -0.604. The Kier molecular flexibility index (Phi) is 14.4. The van der Waals surface area contributed by atoms with Crippen molar-refractivity contribution in [1.29, 1.82) is 0 Å². The minimum absolute atomic E-state index is 0.00343. The van der Waals surface area contributed by atoms with Gasteiger partial charge in [0.05, 0.1) is 35.4 Å². The van der Waals surface area contributed by atoms with Crippen LogP contribution in [-0.2, 0) is 46.5 Å². The first-order valence-electron chi connectivity index (χ1n) is 16.4. The van der Waals surface area contributed by atoms with Crippen molar-refractivity contribution in [2.45, 2.75) is 119 Å². The average Bonchev–Trinajstić information content (AvgIpc) is 3.43. The van der Waals surface area contributed by atoms with Crippen LogP contribution in [0, 0.1) is 17.8 Å². The van der Waals surface area contributed by atoms with Crippen molar-refractivity contribution in [1.82, 2.24) is 28.9 Å². The summed E-state index contributed by atoms with van der Waals surface area (Å²) in [5, 5.41) is 11.2. The molecule has 0 bridgehead atoms. The fraction of sp³-hybridized carbons (Fsp3) is 0.871. The van der Waals surface area contributed by atoms with Crippen LogP contribution in [0.1, 0.15) is 101 Å². The van der Waals surface area contributed by atoms with Gasteiger partial charge >= 0.3 is 0 Å². The number of nitrogens with one attached hydrogen (secondary N) is 1. The van der Waals surface area contributed by atoms with Crippen LogP contribution in [0.25, 0.3) is 0 Å². The molecule has 1 unspecified atom stereocenters. The number of hydrogen-bond donors (Lipinski definition) is 1. The normalized spacial score (nSPS) is 17.7. The molecule has 1 atom stereocenters. The third kappa shape index (κ3) is 12.3. The highest BCUT2D eigenvalue weighted by molar-refractivity contribution is 7.89. The number of ether oxygens (including phenoxy) is 1. The van der Waals surface area contributed by atoms with Crippen LogP contribution < -0.4 is 5.32 Å². The van der Waals surface area contributed by atoms with Gasteiger partial charge in [-0.05, 0) is 58.8 Å². The lowest BCUT2D eigenvalue weighted by Gasteiger charge is -2.39. The number of piperazine rings is 1. The standard InChI is InChI=1S/C31H58N6O7S2/c1-23(2)11-17-45(40,41)35-14-15-36(46(42,43)18-12-24(3)4)27(22-35)29(39)32-20-26-21-37(34-33-26)30(7,8)13-16-44-31(9,10)19-28(38)25(5)6/h21,23-25,27H,11-20,22H2,1-10H3,(H,32,39). The van der Waals surface area contributed by atoms with Gasteiger partial charge in [-0.15, -0.1) is 5.10 Å². The number of carbonyl (C=O) groups excluding carboxylic acids is 2. The molecular weight excluding hydrogens is 633 g/mol. The maximum atomic E-state index is 13.5. The molecule has 1 aromatic heterocycles. The summed E-state index contributed by atoms with van der Waals surface area (Å²) in [7, 11) is -7.48. The number of carbonyl (C=O) groups is 2. The Labute approximate surface area is 277 Å². The van der Waals surface area contributed by atoms with Gasteiger partial charge in [0.25, 0.3) is 0 Å². The number of rotatable bonds is 19. The molecule has 0 radical (unpaired) electrons. The van der Waals surface area contributed by atoms with Crippen molar-refractivity contribution in [3.05, 3.63) is 11.9 Å². The smallest absolute Gasteiger partial charge is 0.240 e. The fourth-order valence-corrected chi connectivity index (χ4v) is 8.56. The van der Waals surface area contributed by atoms with Gasteiger partial charge < -0.3 is 10.1 Å². The predicted molar refractivity (Wildman–Crippen MR) is 179 cm³/mol. The van der Waals surface area contributed by atoms with Crippen molar-refractivity contribution >= 4 is 31.7 Å². The van der Waals surface area contributed by atoms with Gasteiger partial charge in [-0.25, -0.2) is 21.5 Å². The van der Waals surface area contributed by atoms with Gasteiger partial charge in [0.1, 0.15) is 17.5 Å². The molecule has 1 aliphatic heterocycles. The Morgan fingerprint density at radius 2 is 1.54 bits per heavy atom. The highest BCUT2D eigenvalue weighted by Crippen LogP contribution is 2.24. The van der Waals surface area contributed by atoms with Crippen LogP contribution in [0.4, 0.5) is 0 Å². The Morgan fingerprint density at radius 3 is 2.11 bits per heavy atom. The fourth-order valence-electron chi connectivity index (χ4n) is 4.89. The van der Waals surface area contributed by atoms with Gasteiger partial charge in [0.2, 0.25) is 26.0 Å². The summed E-state index contributed by atoms with van der Waals surface area (Å²) in [4.78, 5) is 25.7. The first kappa shape index (κ1) is 40.2. The molecule has 1 aliphatic rings. The molecule has 2 rings (SSSR count). The quantitative estimate of drug-likeness (QED) is 0.230. The molecular formula is C31H58N6O7S2. The molecule has 0 aliphatic carbocycles. The van der Waals surface area contributed by atoms with Gasteiger partial charge in [-0.3, -0.25) is 9.59 Å². The number of hydrogen-bond acceptors (Lipinski definition) is 9. The molecule has 0 saturated carbocycles. The third-order valence-electron chi connectivity index (χ3n) is 8.31. The molecule has 0 aromatic carbocycles. The first-order chi connectivity index (χ1) is 21.1. The first-order valence-corrected chi connectivity index (χ1v) is 19.6. The van der Waals surface area contributed by atoms with Crippen LogP contribution in [0.2, 0.25) is 0 Å². The van der Waals surface area contributed by atoms with E-state index >= 15 is 0 Å². The van der Waals surface area contributed by atoms with Gasteiger partial charge in [-0.1, -0.05) is 46.8 Å². The largest absolute Gasteiger partial charge is 0.375 e. The number of amides is 1. The molecule has 1 amide bonds. The van der Waals surface area contributed by atoms with E-state index in [2.05, 4.69) is 15.6 Å². The van der Waals surface area contributed by atoms with Crippen LogP contribution in [-0.4, -0.2) is 102 Å². The zero-order valence-electron chi connectivity index (χ0n) is 29.6. The average molecular weight is 691 g/mol. The Balaban J connectivity index is 2.12. The molecule has 13 nitrogen and oxygen atoms in total. The SMILES string of the molecule is CC(C)CCS(=O)(=O)N1CCN(S(=O)(=O)CCC(C)C)C(C(=O)NCc2cn(C(C)(C)CCOC(C)(C)CC(=O)C(C)C)nn2)C1. The Hall–Kier alpha value is -1.94. The van der Waals surface area contributed by atoms with Crippen molar-refractivity contribution in [2.24, 2.45) is 17.8 Å². The van der Waals surface area contributed by atoms with Gasteiger partial charge in [-0.2, -0.15) is 8.61 Å². The minimum atomic E-state index is -3.81. The van der Waals surface area contributed by atoms with E-state index in [1.807, 2.05) is 69.2 Å². The van der Waals surface area contributed by atoms with E-state index in [-0.39, 0.29) is 61.2 Å². The van der Waals surface area contributed by atoms with Crippen LogP contribution in [0.15, 0.2) is 6.20 Å². The number of nitrogens with zero attached hydrogens (tertiary/aromatic N) is 5. The van der Waals surface area contributed by atoms with Crippen molar-refractivity contribution < 1.29 is 31.2 Å². The molecule has 1 N–H and O–H groups in total. The molecule has 0 spiro atoms. The van der Waals surface area contributed by atoms with Crippen LogP contribution >= 0.6 is 0 Å². The molecule has 1 fully saturated rings. The highest BCUT2D eigenvalue weighted by Gasteiger charge is 2.42. The number of aromatic nitrogens is 3. The van der Waals surface area contributed by atoms with E-state index in [4.69, 9.17) is 4.74 Å². The molecule has 1 saturated heterocycles. The van der Waals surface area contributed by atoms with E-state index in [0.717, 1.165) is 4.31 Å². The lowest BCUT2D eigenvalue weighted by molar-refractivity contribution is -0.128. The summed E-state index contributed by atoms with van der Waals surface area (Å²) < 4.78 is 63.0. The molecule has 1 aromatic rings. The molecule has 46 heavy (non-hydrogen) atoms. The van der Waals surface area contributed by atoms with Crippen LogP contribution in [0.5, 0.6) is 0 Å². The summed E-state index contributed by atoms with van der Waals surface area (Å²) in [5.74, 6) is -0.327. The van der Waals surface area contributed by atoms with E-state index in [0.29, 0.717) is 38.0 Å². The monoisotopic (exact) mass is 690 g/mol. The second kappa shape index (κ2) is 16.4. The van der Waals surface area contributed by atoms with E-state index < -0.39 is 43.1 Å². The maximum Gasteiger partial charge on any atom is 0.240 e. The second-order valence-corrected chi connectivity index (χ2v) is 19.0. The summed E-state index contributed by atoms with van der Waals surface area (Å²) >= 11 is 0. The van der Waals surface area contributed by atoms with Gasteiger partial charge in [0.15, 0.2) is 0 Å². The van der Waals surface area contributed by atoms with E-state index in [1.54, 1.807) is 10.9 Å². The summed E-state index contributed by atoms with van der Waals surface area (Å²) in [6, 6.07) is -1.20. The minimum Gasteiger partial charge on any atom is -0.375 e. The van der Waals surface area contributed by atoms with Crippen molar-refractivity contribution in [3.63, 3.8) is 0 Å². The lowest BCUT2D eigenvalue weighted by Crippen LogP contribution is -2.61. The highest BCUT2D eigenvalue weighted by atomic mass is 32.2. The number of ketones is 1. The molecule has 266 valence electrons. The number of sulfonamides is 2. The zero-order valence-corrected chi connectivity index (χ0v) is 31.2. The summed E-state index contributed by atoms with van der Waals surface area (Å²) in [6.45, 7) is 19.3. The van der Waals surface area contributed by atoms with E-state index in [9.17, 15) is 26.4 Å².